The molecule has 1 aliphatic rings. The number of nitrogens with zero attached hydrogens (tertiary/aromatic N) is 3. The van der Waals surface area contributed by atoms with Gasteiger partial charge in [-0.1, -0.05) is 24.3 Å². The predicted octanol–water partition coefficient (Wildman–Crippen LogP) is 4.30. The first-order valence-electron chi connectivity index (χ1n) is 9.89. The van der Waals surface area contributed by atoms with Gasteiger partial charge in [-0.15, -0.1) is 0 Å². The Labute approximate surface area is 173 Å². The lowest BCUT2D eigenvalue weighted by Gasteiger charge is -2.32. The van der Waals surface area contributed by atoms with Gasteiger partial charge in [0, 0.05) is 32.6 Å². The minimum atomic E-state index is -2.85. The van der Waals surface area contributed by atoms with Crippen LogP contribution in [-0.4, -0.2) is 42.5 Å². The van der Waals surface area contributed by atoms with Gasteiger partial charge >= 0.3 is 6.61 Å². The first kappa shape index (κ1) is 20.1. The summed E-state index contributed by atoms with van der Waals surface area (Å²) in [6.07, 6.45) is 1.45. The van der Waals surface area contributed by atoms with E-state index in [1.807, 2.05) is 24.3 Å². The Balaban J connectivity index is 1.31. The number of oxazole rings is 1. The highest BCUT2D eigenvalue weighted by atomic mass is 19.3. The highest BCUT2D eigenvalue weighted by Crippen LogP contribution is 2.27. The Hall–Kier alpha value is -3.16. The lowest BCUT2D eigenvalue weighted by atomic mass is 9.95. The predicted molar refractivity (Wildman–Crippen MR) is 108 cm³/mol. The fourth-order valence-electron chi connectivity index (χ4n) is 3.75. The maximum absolute atomic E-state index is 12.8. The summed E-state index contributed by atoms with van der Waals surface area (Å²) in [7, 11) is 1.76. The van der Waals surface area contributed by atoms with Crippen molar-refractivity contribution < 1.29 is 22.7 Å². The number of hydrogen-bond acceptors (Lipinski definition) is 5. The quantitative estimate of drug-likeness (QED) is 0.601. The zero-order chi connectivity index (χ0) is 21.1. The molecule has 0 aliphatic carbocycles. The largest absolute Gasteiger partial charge is 0.435 e. The number of hydrogen-bond donors (Lipinski definition) is 0. The molecule has 1 fully saturated rings. The van der Waals surface area contributed by atoms with Gasteiger partial charge in [-0.05, 0) is 42.7 Å². The van der Waals surface area contributed by atoms with E-state index in [0.29, 0.717) is 25.6 Å². The highest BCUT2D eigenvalue weighted by Gasteiger charge is 2.29. The van der Waals surface area contributed by atoms with Gasteiger partial charge in [-0.2, -0.15) is 13.8 Å². The van der Waals surface area contributed by atoms with Crippen molar-refractivity contribution in [3.63, 3.8) is 0 Å². The molecule has 158 valence electrons. The number of para-hydroxylation sites is 2. The Morgan fingerprint density at radius 2 is 1.90 bits per heavy atom. The van der Waals surface area contributed by atoms with Crippen molar-refractivity contribution in [2.75, 3.05) is 25.0 Å². The van der Waals surface area contributed by atoms with Crippen LogP contribution < -0.4 is 9.64 Å². The molecule has 6 nitrogen and oxygen atoms in total. The van der Waals surface area contributed by atoms with E-state index in [2.05, 4.69) is 14.6 Å². The van der Waals surface area contributed by atoms with Crippen molar-refractivity contribution in [1.29, 1.82) is 0 Å². The third kappa shape index (κ3) is 4.53. The standard InChI is InChI=1S/C22H23F2N3O3/c1-26(14-15-6-8-17(9-7-15)29-21(23)24)20(28)16-10-12-27(13-11-16)22-25-18-4-2-3-5-19(18)30-22/h2-9,16,21H,10-14H2,1H3. The molecule has 0 spiro atoms. The van der Waals surface area contributed by atoms with Crippen molar-refractivity contribution in [3.05, 3.63) is 54.1 Å². The zero-order valence-electron chi connectivity index (χ0n) is 16.6. The van der Waals surface area contributed by atoms with Crippen LogP contribution in [-0.2, 0) is 11.3 Å². The van der Waals surface area contributed by atoms with Crippen molar-refractivity contribution in [1.82, 2.24) is 9.88 Å². The van der Waals surface area contributed by atoms with E-state index in [-0.39, 0.29) is 17.6 Å². The van der Waals surface area contributed by atoms with E-state index in [9.17, 15) is 13.6 Å². The number of alkyl halides is 2. The highest BCUT2D eigenvalue weighted by molar-refractivity contribution is 5.79. The molecule has 1 amide bonds. The Morgan fingerprint density at radius 3 is 2.57 bits per heavy atom. The number of aromatic nitrogens is 1. The Bertz CT molecular complexity index is 965. The van der Waals surface area contributed by atoms with Crippen LogP contribution in [0.4, 0.5) is 14.8 Å². The smallest absolute Gasteiger partial charge is 0.387 e. The third-order valence-electron chi connectivity index (χ3n) is 5.34. The average molecular weight is 415 g/mol. The molecule has 0 atom stereocenters. The summed E-state index contributed by atoms with van der Waals surface area (Å²) in [5.74, 6) is 0.131. The van der Waals surface area contributed by atoms with Crippen LogP contribution in [0.1, 0.15) is 18.4 Å². The average Bonchev–Trinajstić information content (AvgIpc) is 3.18. The molecule has 2 heterocycles. The topological polar surface area (TPSA) is 58.8 Å². The second-order valence-electron chi connectivity index (χ2n) is 7.44. The summed E-state index contributed by atoms with van der Waals surface area (Å²) in [4.78, 5) is 21.1. The van der Waals surface area contributed by atoms with E-state index >= 15 is 0 Å². The van der Waals surface area contributed by atoms with Crippen LogP contribution >= 0.6 is 0 Å². The summed E-state index contributed by atoms with van der Waals surface area (Å²) in [5.41, 5.74) is 2.45. The van der Waals surface area contributed by atoms with Gasteiger partial charge in [0.25, 0.3) is 6.01 Å². The maximum atomic E-state index is 12.8. The Morgan fingerprint density at radius 1 is 1.20 bits per heavy atom. The van der Waals surface area contributed by atoms with Crippen LogP contribution in [0, 0.1) is 5.92 Å². The van der Waals surface area contributed by atoms with Gasteiger partial charge in [-0.3, -0.25) is 4.79 Å². The summed E-state index contributed by atoms with van der Waals surface area (Å²) >= 11 is 0. The van der Waals surface area contributed by atoms with Crippen molar-refractivity contribution in [2.45, 2.75) is 26.0 Å². The first-order valence-corrected chi connectivity index (χ1v) is 9.89. The van der Waals surface area contributed by atoms with E-state index < -0.39 is 6.61 Å². The fourth-order valence-corrected chi connectivity index (χ4v) is 3.75. The first-order chi connectivity index (χ1) is 14.5. The molecule has 8 heteroatoms. The number of amides is 1. The van der Waals surface area contributed by atoms with E-state index in [4.69, 9.17) is 4.42 Å². The van der Waals surface area contributed by atoms with Gasteiger partial charge in [-0.25, -0.2) is 0 Å². The van der Waals surface area contributed by atoms with Crippen LogP contribution in [0.15, 0.2) is 52.9 Å². The molecule has 0 saturated carbocycles. The van der Waals surface area contributed by atoms with Crippen LogP contribution in [0.2, 0.25) is 0 Å². The van der Waals surface area contributed by atoms with Crippen LogP contribution in [0.25, 0.3) is 11.1 Å². The molecule has 1 saturated heterocycles. The molecule has 30 heavy (non-hydrogen) atoms. The number of piperidine rings is 1. The van der Waals surface area contributed by atoms with Gasteiger partial charge in [0.2, 0.25) is 5.91 Å². The monoisotopic (exact) mass is 415 g/mol. The molecule has 1 aromatic heterocycles. The molecule has 0 bridgehead atoms. The molecule has 0 radical (unpaired) electrons. The van der Waals surface area contributed by atoms with E-state index in [0.717, 1.165) is 29.5 Å². The van der Waals surface area contributed by atoms with Gasteiger partial charge in [0.05, 0.1) is 0 Å². The number of fused-ring (bicyclic) bond motifs is 1. The summed E-state index contributed by atoms with van der Waals surface area (Å²) in [5, 5.41) is 0. The van der Waals surface area contributed by atoms with Crippen LogP contribution in [0.5, 0.6) is 5.75 Å². The van der Waals surface area contributed by atoms with Gasteiger partial charge in [0.15, 0.2) is 5.58 Å². The van der Waals surface area contributed by atoms with Crippen molar-refractivity contribution >= 4 is 23.0 Å². The molecule has 2 aromatic carbocycles. The lowest BCUT2D eigenvalue weighted by molar-refractivity contribution is -0.135. The fraction of sp³-hybridized carbons (Fsp3) is 0.364. The molecular formula is C22H23F2N3O3. The number of ether oxygens (including phenoxy) is 1. The minimum Gasteiger partial charge on any atom is -0.435 e. The minimum absolute atomic E-state index is 0.0583. The number of rotatable bonds is 6. The van der Waals surface area contributed by atoms with Crippen molar-refractivity contribution in [2.24, 2.45) is 5.92 Å². The summed E-state index contributed by atoms with van der Waals surface area (Å²) in [6.45, 7) is -1.02. The number of halogens is 2. The third-order valence-corrected chi connectivity index (χ3v) is 5.34. The number of anilines is 1. The molecule has 4 rings (SSSR count). The van der Waals surface area contributed by atoms with Gasteiger partial charge in [0.1, 0.15) is 11.3 Å². The molecule has 0 N–H and O–H groups in total. The Kier molecular flexibility index (Phi) is 5.83. The van der Waals surface area contributed by atoms with Crippen molar-refractivity contribution in [3.8, 4) is 5.75 Å². The second-order valence-corrected chi connectivity index (χ2v) is 7.44. The number of carbonyl (C=O) groups is 1. The van der Waals surface area contributed by atoms with E-state index in [1.165, 1.54) is 12.1 Å². The zero-order valence-corrected chi connectivity index (χ0v) is 16.6. The second kappa shape index (κ2) is 8.69. The summed E-state index contributed by atoms with van der Waals surface area (Å²) < 4.78 is 34.7. The normalized spacial score (nSPS) is 15.0. The maximum Gasteiger partial charge on any atom is 0.387 e. The van der Waals surface area contributed by atoms with Gasteiger partial charge < -0.3 is 19.0 Å². The van der Waals surface area contributed by atoms with E-state index in [1.54, 1.807) is 24.1 Å². The SMILES string of the molecule is CN(Cc1ccc(OC(F)F)cc1)C(=O)C1CCN(c2nc3ccccc3o2)CC1. The lowest BCUT2D eigenvalue weighted by Crippen LogP contribution is -2.41. The number of carbonyl (C=O) groups excluding carboxylic acids is 1. The molecule has 0 unspecified atom stereocenters. The summed E-state index contributed by atoms with van der Waals surface area (Å²) in [6, 6.07) is 14.6. The van der Waals surface area contributed by atoms with Crippen LogP contribution in [0.3, 0.4) is 0 Å². The molecular weight excluding hydrogens is 392 g/mol. The number of benzene rings is 2. The molecule has 1 aliphatic heterocycles. The molecule has 3 aromatic rings.